The number of nitrogens with one attached hydrogen (secondary N) is 1. The monoisotopic (exact) mass is 485 g/mol. The summed E-state index contributed by atoms with van der Waals surface area (Å²) in [4.78, 5) is 28.6. The largest absolute Gasteiger partial charge is 0.491 e. The molecule has 0 aliphatic carbocycles. The van der Waals surface area contributed by atoms with Gasteiger partial charge in [-0.3, -0.25) is 14.9 Å². The van der Waals surface area contributed by atoms with Gasteiger partial charge in [0.1, 0.15) is 17.9 Å². The molecule has 1 N–H and O–H groups in total. The van der Waals surface area contributed by atoms with Gasteiger partial charge in [0, 0.05) is 40.8 Å². The fourth-order valence-corrected chi connectivity index (χ4v) is 4.98. The quantitative estimate of drug-likeness (QED) is 0.328. The Labute approximate surface area is 210 Å². The van der Waals surface area contributed by atoms with Gasteiger partial charge in [-0.2, -0.15) is 0 Å². The Bertz CT molecular complexity index is 1490. The zero-order chi connectivity index (χ0) is 25.4. The zero-order valence-electron chi connectivity index (χ0n) is 21.1. The number of likely N-dealkylation sites (N-methyl/N-ethyl adjacent to an activating group) is 1. The van der Waals surface area contributed by atoms with E-state index in [9.17, 15) is 9.59 Å². The van der Waals surface area contributed by atoms with Gasteiger partial charge in [0.15, 0.2) is 0 Å². The van der Waals surface area contributed by atoms with Gasteiger partial charge in [0.2, 0.25) is 0 Å². The Morgan fingerprint density at radius 3 is 2.39 bits per heavy atom. The number of amides is 2. The first-order chi connectivity index (χ1) is 17.4. The fourth-order valence-electron chi connectivity index (χ4n) is 4.98. The summed E-state index contributed by atoms with van der Waals surface area (Å²) in [5.41, 5.74) is 3.54. The van der Waals surface area contributed by atoms with Crippen molar-refractivity contribution in [3.05, 3.63) is 66.1 Å². The van der Waals surface area contributed by atoms with Gasteiger partial charge >= 0.3 is 0 Å². The molecule has 7 nitrogen and oxygen atoms in total. The van der Waals surface area contributed by atoms with Crippen molar-refractivity contribution in [2.45, 2.75) is 33.7 Å². The van der Waals surface area contributed by atoms with Crippen molar-refractivity contribution in [1.29, 1.82) is 0 Å². The lowest BCUT2D eigenvalue weighted by Crippen LogP contribution is -2.27. The predicted molar refractivity (Wildman–Crippen MR) is 142 cm³/mol. The Kier molecular flexibility index (Phi) is 6.41. The molecule has 0 saturated carbocycles. The second-order valence-corrected chi connectivity index (χ2v) is 9.24. The molecule has 7 heteroatoms. The van der Waals surface area contributed by atoms with Crippen LogP contribution in [0.1, 0.15) is 44.9 Å². The summed E-state index contributed by atoms with van der Waals surface area (Å²) in [5, 5.41) is 4.21. The number of hydrogen-bond acceptors (Lipinski definition) is 5. The van der Waals surface area contributed by atoms with Crippen LogP contribution in [0, 0.1) is 0 Å². The van der Waals surface area contributed by atoms with Crippen molar-refractivity contribution in [2.24, 2.45) is 0 Å². The van der Waals surface area contributed by atoms with Crippen molar-refractivity contribution in [3.63, 3.8) is 0 Å². The molecule has 0 radical (unpaired) electrons. The number of furan rings is 1. The molecule has 2 amide bonds. The van der Waals surface area contributed by atoms with E-state index in [1.165, 1.54) is 0 Å². The number of rotatable bonds is 9. The Balaban J connectivity index is 1.62. The number of benzene rings is 2. The minimum Gasteiger partial charge on any atom is -0.491 e. The summed E-state index contributed by atoms with van der Waals surface area (Å²) in [6.07, 6.45) is 3.55. The normalized spacial score (nSPS) is 14.2. The van der Waals surface area contributed by atoms with E-state index in [0.29, 0.717) is 34.6 Å². The summed E-state index contributed by atoms with van der Waals surface area (Å²) < 4.78 is 14.1. The van der Waals surface area contributed by atoms with Gasteiger partial charge in [0.05, 0.1) is 22.8 Å². The van der Waals surface area contributed by atoms with E-state index in [2.05, 4.69) is 42.5 Å². The molecule has 1 aliphatic rings. The number of fused-ring (bicyclic) bond motifs is 2. The van der Waals surface area contributed by atoms with Crippen LogP contribution in [-0.2, 0) is 9.59 Å². The molecule has 186 valence electrons. The molecule has 36 heavy (non-hydrogen) atoms. The van der Waals surface area contributed by atoms with E-state index in [0.717, 1.165) is 41.5 Å². The third kappa shape index (κ3) is 3.99. The number of ether oxygens (including phenoxy) is 1. The molecule has 0 fully saturated rings. The van der Waals surface area contributed by atoms with Crippen LogP contribution in [0.15, 0.2) is 59.3 Å². The van der Waals surface area contributed by atoms with Crippen LogP contribution in [-0.4, -0.2) is 47.5 Å². The Hall–Kier alpha value is -3.84. The maximum atomic E-state index is 13.1. The van der Waals surface area contributed by atoms with E-state index in [-0.39, 0.29) is 6.04 Å². The average Bonchev–Trinajstić information content (AvgIpc) is 3.57. The molecule has 3 heterocycles. The summed E-state index contributed by atoms with van der Waals surface area (Å²) >= 11 is 0. The summed E-state index contributed by atoms with van der Waals surface area (Å²) in [7, 11) is 0. The van der Waals surface area contributed by atoms with Crippen molar-refractivity contribution in [3.8, 4) is 5.75 Å². The first-order valence-electron chi connectivity index (χ1n) is 12.5. The topological polar surface area (TPSA) is 76.7 Å². The maximum Gasteiger partial charge on any atom is 0.259 e. The molecule has 0 saturated heterocycles. The molecule has 1 aliphatic heterocycles. The second-order valence-electron chi connectivity index (χ2n) is 9.24. The highest BCUT2D eigenvalue weighted by atomic mass is 16.5. The lowest BCUT2D eigenvalue weighted by Gasteiger charge is -2.18. The van der Waals surface area contributed by atoms with Crippen molar-refractivity contribution in [2.75, 3.05) is 26.2 Å². The summed E-state index contributed by atoms with van der Waals surface area (Å²) in [6.45, 7) is 11.7. The fraction of sp³-hybridized carbons (Fsp3) is 0.310. The molecule has 2 aromatic carbocycles. The van der Waals surface area contributed by atoms with Gasteiger partial charge in [-0.05, 0) is 51.2 Å². The molecular weight excluding hydrogens is 454 g/mol. The summed E-state index contributed by atoms with van der Waals surface area (Å²) in [6, 6.07) is 13.6. The lowest BCUT2D eigenvalue weighted by atomic mass is 9.95. The van der Waals surface area contributed by atoms with E-state index >= 15 is 0 Å². The number of para-hydroxylation sites is 1. The zero-order valence-corrected chi connectivity index (χ0v) is 21.1. The Morgan fingerprint density at radius 2 is 1.67 bits per heavy atom. The first-order valence-corrected chi connectivity index (χ1v) is 12.5. The minimum atomic E-state index is -0.427. The van der Waals surface area contributed by atoms with Crippen molar-refractivity contribution >= 4 is 44.8 Å². The molecule has 5 rings (SSSR count). The highest BCUT2D eigenvalue weighted by Crippen LogP contribution is 2.40. The van der Waals surface area contributed by atoms with Crippen molar-refractivity contribution in [1.82, 2.24) is 14.8 Å². The van der Waals surface area contributed by atoms with E-state index < -0.39 is 11.8 Å². The van der Waals surface area contributed by atoms with E-state index in [1.54, 1.807) is 6.26 Å². The third-order valence-corrected chi connectivity index (χ3v) is 6.90. The van der Waals surface area contributed by atoms with Crippen LogP contribution >= 0.6 is 0 Å². The molecule has 0 spiro atoms. The molecule has 2 aromatic heterocycles. The van der Waals surface area contributed by atoms with Crippen LogP contribution in [0.3, 0.4) is 0 Å². The SMILES string of the molecule is CCN(CC)CCOc1ccc(C2=C(c3cn(C(C)C)c4ccccc34)C(=O)NC2=O)c2occc12. The number of carbonyl (C=O) groups is 2. The number of carbonyl (C=O) groups excluding carboxylic acids is 2. The number of nitrogens with zero attached hydrogens (tertiary/aromatic N) is 2. The third-order valence-electron chi connectivity index (χ3n) is 6.90. The van der Waals surface area contributed by atoms with Crippen LogP contribution in [0.5, 0.6) is 5.75 Å². The van der Waals surface area contributed by atoms with Gasteiger partial charge in [-0.1, -0.05) is 32.0 Å². The van der Waals surface area contributed by atoms with E-state index in [1.807, 2.05) is 48.7 Å². The van der Waals surface area contributed by atoms with Crippen LogP contribution in [0.2, 0.25) is 0 Å². The predicted octanol–water partition coefficient (Wildman–Crippen LogP) is 5.26. The van der Waals surface area contributed by atoms with Gasteiger partial charge in [0.25, 0.3) is 11.8 Å². The smallest absolute Gasteiger partial charge is 0.259 e. The van der Waals surface area contributed by atoms with Gasteiger partial charge in [-0.15, -0.1) is 0 Å². The van der Waals surface area contributed by atoms with Gasteiger partial charge in [-0.25, -0.2) is 0 Å². The number of hydrogen-bond donors (Lipinski definition) is 1. The highest BCUT2D eigenvalue weighted by Gasteiger charge is 2.35. The Morgan fingerprint density at radius 1 is 0.944 bits per heavy atom. The molecule has 0 unspecified atom stereocenters. The molecule has 0 bridgehead atoms. The highest BCUT2D eigenvalue weighted by molar-refractivity contribution is 6.50. The van der Waals surface area contributed by atoms with Crippen molar-refractivity contribution < 1.29 is 18.7 Å². The number of imide groups is 1. The van der Waals surface area contributed by atoms with Crippen LogP contribution in [0.4, 0.5) is 0 Å². The second kappa shape index (κ2) is 9.66. The minimum absolute atomic E-state index is 0.192. The molecule has 4 aromatic rings. The number of aromatic nitrogens is 1. The average molecular weight is 486 g/mol. The summed E-state index contributed by atoms with van der Waals surface area (Å²) in [5.74, 6) is -0.136. The van der Waals surface area contributed by atoms with E-state index in [4.69, 9.17) is 9.15 Å². The first kappa shape index (κ1) is 23.9. The molecule has 0 atom stereocenters. The van der Waals surface area contributed by atoms with Crippen LogP contribution in [0.25, 0.3) is 33.0 Å². The molecular formula is C29H31N3O4. The van der Waals surface area contributed by atoms with Gasteiger partial charge < -0.3 is 18.6 Å². The van der Waals surface area contributed by atoms with Crippen LogP contribution < -0.4 is 10.1 Å². The lowest BCUT2D eigenvalue weighted by molar-refractivity contribution is -0.122. The standard InChI is InChI=1S/C29H31N3O4/c1-5-31(6-2)14-16-35-24-12-11-21(27-20(24)13-15-36-27)25-26(29(34)30-28(25)33)22-17-32(18(3)4)23-10-8-7-9-19(22)23/h7-13,15,17-18H,5-6,14,16H2,1-4H3,(H,30,33,34). The maximum absolute atomic E-state index is 13.1.